The summed E-state index contributed by atoms with van der Waals surface area (Å²) in [6.45, 7) is 3.56. The number of rotatable bonds is 7. The molecule has 1 unspecified atom stereocenters. The molecule has 0 aliphatic heterocycles. The van der Waals surface area contributed by atoms with Gasteiger partial charge in [-0.3, -0.25) is 4.79 Å². The maximum Gasteiger partial charge on any atom is 0.343 e. The van der Waals surface area contributed by atoms with Crippen molar-refractivity contribution in [2.75, 3.05) is 0 Å². The lowest BCUT2D eigenvalue weighted by Gasteiger charge is -2.13. The van der Waals surface area contributed by atoms with E-state index in [0.717, 1.165) is 16.3 Å². The Morgan fingerprint density at radius 1 is 0.943 bits per heavy atom. The number of hydrogen-bond donors (Lipinski definition) is 1. The van der Waals surface area contributed by atoms with Gasteiger partial charge in [-0.25, -0.2) is 10.2 Å². The van der Waals surface area contributed by atoms with Crippen LogP contribution in [0.15, 0.2) is 90.0 Å². The van der Waals surface area contributed by atoms with E-state index in [2.05, 4.69) is 10.5 Å². The first-order valence-corrected chi connectivity index (χ1v) is 11.3. The van der Waals surface area contributed by atoms with Crippen LogP contribution in [0, 0.1) is 6.92 Å². The van der Waals surface area contributed by atoms with E-state index in [9.17, 15) is 9.59 Å². The molecular weight excluding hydrogens is 464 g/mol. The first kappa shape index (κ1) is 24.0. The van der Waals surface area contributed by atoms with Gasteiger partial charge in [0.05, 0.1) is 11.8 Å². The molecule has 0 radical (unpaired) electrons. The fraction of sp³-hybridized carbons (Fsp3) is 0.107. The van der Waals surface area contributed by atoms with E-state index in [1.165, 1.54) is 6.21 Å². The van der Waals surface area contributed by atoms with Gasteiger partial charge in [-0.1, -0.05) is 59.6 Å². The Morgan fingerprint density at radius 2 is 1.66 bits per heavy atom. The number of halogens is 1. The highest BCUT2D eigenvalue weighted by Gasteiger charge is 2.16. The van der Waals surface area contributed by atoms with Gasteiger partial charge in [0, 0.05) is 10.6 Å². The topological polar surface area (TPSA) is 77.0 Å². The number of amides is 1. The van der Waals surface area contributed by atoms with Crippen molar-refractivity contribution < 1.29 is 19.1 Å². The third kappa shape index (κ3) is 6.05. The number of hydrazone groups is 1. The molecule has 0 spiro atoms. The van der Waals surface area contributed by atoms with E-state index in [1.54, 1.807) is 49.4 Å². The minimum Gasteiger partial charge on any atom is -0.481 e. The van der Waals surface area contributed by atoms with Gasteiger partial charge < -0.3 is 9.47 Å². The number of nitrogens with one attached hydrogen (secondary N) is 1. The van der Waals surface area contributed by atoms with Crippen molar-refractivity contribution in [3.05, 3.63) is 107 Å². The summed E-state index contributed by atoms with van der Waals surface area (Å²) >= 11 is 5.88. The Balaban J connectivity index is 1.52. The molecule has 0 aromatic heterocycles. The predicted octanol–water partition coefficient (Wildman–Crippen LogP) is 5.94. The minimum atomic E-state index is -0.792. The average molecular weight is 487 g/mol. The highest BCUT2D eigenvalue weighted by Crippen LogP contribution is 2.27. The van der Waals surface area contributed by atoms with Crippen LogP contribution in [0.3, 0.4) is 0 Å². The van der Waals surface area contributed by atoms with E-state index in [1.807, 2.05) is 49.4 Å². The molecule has 0 bridgehead atoms. The lowest BCUT2D eigenvalue weighted by molar-refractivity contribution is -0.127. The molecule has 4 aromatic carbocycles. The van der Waals surface area contributed by atoms with Crippen LogP contribution >= 0.6 is 11.6 Å². The van der Waals surface area contributed by atoms with Gasteiger partial charge in [-0.2, -0.15) is 5.10 Å². The number of aryl methyl sites for hydroxylation is 1. The van der Waals surface area contributed by atoms with Crippen molar-refractivity contribution in [1.29, 1.82) is 0 Å². The maximum atomic E-state index is 12.7. The van der Waals surface area contributed by atoms with Gasteiger partial charge in [-0.05, 0) is 67.1 Å². The Bertz CT molecular complexity index is 1380. The van der Waals surface area contributed by atoms with E-state index >= 15 is 0 Å². The van der Waals surface area contributed by atoms with Crippen LogP contribution in [0.5, 0.6) is 11.5 Å². The van der Waals surface area contributed by atoms with Crippen LogP contribution in [-0.4, -0.2) is 24.2 Å². The van der Waals surface area contributed by atoms with Crippen LogP contribution in [0.4, 0.5) is 0 Å². The van der Waals surface area contributed by atoms with Gasteiger partial charge in [0.25, 0.3) is 5.91 Å². The Morgan fingerprint density at radius 3 is 2.40 bits per heavy atom. The van der Waals surface area contributed by atoms with Gasteiger partial charge >= 0.3 is 5.97 Å². The van der Waals surface area contributed by atoms with Crippen molar-refractivity contribution in [3.8, 4) is 11.5 Å². The van der Waals surface area contributed by atoms with Gasteiger partial charge in [-0.15, -0.1) is 0 Å². The van der Waals surface area contributed by atoms with Gasteiger partial charge in [0.2, 0.25) is 0 Å². The van der Waals surface area contributed by atoms with E-state index in [4.69, 9.17) is 21.1 Å². The number of fused-ring (bicyclic) bond motifs is 1. The van der Waals surface area contributed by atoms with Crippen LogP contribution in [0.1, 0.15) is 28.4 Å². The molecule has 0 fully saturated rings. The van der Waals surface area contributed by atoms with E-state index in [-0.39, 0.29) is 0 Å². The number of ether oxygens (including phenoxy) is 2. The summed E-state index contributed by atoms with van der Waals surface area (Å²) < 4.78 is 11.3. The monoisotopic (exact) mass is 486 g/mol. The normalized spacial score (nSPS) is 11.9. The first-order valence-electron chi connectivity index (χ1n) is 11.0. The standard InChI is InChI=1S/C28H23ClN2O4/c1-18-7-9-21(10-8-18)28(33)35-26-16-11-20-5-3-4-6-24(20)25(26)17-30-31-27(32)19(2)34-23-14-12-22(29)13-15-23/h3-17,19H,1-2H3,(H,31,32). The zero-order valence-corrected chi connectivity index (χ0v) is 20.0. The number of nitrogens with zero attached hydrogens (tertiary/aromatic N) is 1. The Hall–Kier alpha value is -4.16. The summed E-state index contributed by atoms with van der Waals surface area (Å²) in [7, 11) is 0. The van der Waals surface area contributed by atoms with Crippen molar-refractivity contribution >= 4 is 40.5 Å². The van der Waals surface area contributed by atoms with Crippen LogP contribution in [0.25, 0.3) is 10.8 Å². The molecule has 35 heavy (non-hydrogen) atoms. The molecule has 7 heteroatoms. The van der Waals surface area contributed by atoms with Crippen molar-refractivity contribution in [3.63, 3.8) is 0 Å². The molecule has 4 aromatic rings. The predicted molar refractivity (Wildman–Crippen MR) is 137 cm³/mol. The third-order valence-corrected chi connectivity index (χ3v) is 5.54. The second-order valence-corrected chi connectivity index (χ2v) is 8.34. The Labute approximate surface area is 208 Å². The molecule has 176 valence electrons. The molecular formula is C28H23ClN2O4. The maximum absolute atomic E-state index is 12.7. The average Bonchev–Trinajstić information content (AvgIpc) is 2.86. The molecule has 1 N–H and O–H groups in total. The van der Waals surface area contributed by atoms with Crippen molar-refractivity contribution in [2.24, 2.45) is 5.10 Å². The molecule has 0 heterocycles. The SMILES string of the molecule is Cc1ccc(C(=O)Oc2ccc3ccccc3c2C=NNC(=O)C(C)Oc2ccc(Cl)cc2)cc1. The molecule has 6 nitrogen and oxygen atoms in total. The Kier molecular flexibility index (Phi) is 7.43. The summed E-state index contributed by atoms with van der Waals surface area (Å²) in [5.41, 5.74) is 4.53. The van der Waals surface area contributed by atoms with E-state index < -0.39 is 18.0 Å². The molecule has 0 aliphatic carbocycles. The van der Waals surface area contributed by atoms with Crippen LogP contribution in [-0.2, 0) is 4.79 Å². The summed E-state index contributed by atoms with van der Waals surface area (Å²) in [6.07, 6.45) is 0.673. The largest absolute Gasteiger partial charge is 0.481 e. The fourth-order valence-corrected chi connectivity index (χ4v) is 3.49. The molecule has 1 amide bonds. The van der Waals surface area contributed by atoms with Gasteiger partial charge in [0.1, 0.15) is 11.5 Å². The highest BCUT2D eigenvalue weighted by atomic mass is 35.5. The number of esters is 1. The number of hydrogen-bond acceptors (Lipinski definition) is 5. The first-order chi connectivity index (χ1) is 16.9. The number of carbonyl (C=O) groups is 2. The molecule has 0 aliphatic rings. The lowest BCUT2D eigenvalue weighted by Crippen LogP contribution is -2.33. The minimum absolute atomic E-state index is 0.331. The zero-order valence-electron chi connectivity index (χ0n) is 19.2. The van der Waals surface area contributed by atoms with Gasteiger partial charge in [0.15, 0.2) is 6.10 Å². The quantitative estimate of drug-likeness (QED) is 0.152. The second kappa shape index (κ2) is 10.8. The van der Waals surface area contributed by atoms with Crippen molar-refractivity contribution in [1.82, 2.24) is 5.43 Å². The number of carbonyl (C=O) groups excluding carboxylic acids is 2. The van der Waals surface area contributed by atoms with E-state index in [0.29, 0.717) is 27.6 Å². The fourth-order valence-electron chi connectivity index (χ4n) is 3.37. The third-order valence-electron chi connectivity index (χ3n) is 5.28. The summed E-state index contributed by atoms with van der Waals surface area (Å²) in [5.74, 6) is -0.0725. The number of benzene rings is 4. The summed E-state index contributed by atoms with van der Waals surface area (Å²) in [5, 5.41) is 6.44. The molecule has 0 saturated heterocycles. The lowest BCUT2D eigenvalue weighted by atomic mass is 10.0. The molecule has 4 rings (SSSR count). The highest BCUT2D eigenvalue weighted by molar-refractivity contribution is 6.30. The van der Waals surface area contributed by atoms with Crippen LogP contribution < -0.4 is 14.9 Å². The van der Waals surface area contributed by atoms with Crippen LogP contribution in [0.2, 0.25) is 5.02 Å². The second-order valence-electron chi connectivity index (χ2n) is 7.90. The molecule has 0 saturated carbocycles. The summed E-state index contributed by atoms with van der Waals surface area (Å²) in [4.78, 5) is 25.2. The zero-order chi connectivity index (χ0) is 24.8. The smallest absolute Gasteiger partial charge is 0.343 e. The van der Waals surface area contributed by atoms with Crippen molar-refractivity contribution in [2.45, 2.75) is 20.0 Å². The summed E-state index contributed by atoms with van der Waals surface area (Å²) in [6, 6.07) is 25.1. The molecule has 1 atom stereocenters.